The van der Waals surface area contributed by atoms with Crippen molar-refractivity contribution in [3.05, 3.63) is 35.9 Å². The molecule has 1 aromatic heterocycles. The molecule has 3 fully saturated rings. The zero-order chi connectivity index (χ0) is 21.4. The fraction of sp³-hybridized carbons (Fsp3) is 0.625. The first-order valence-corrected chi connectivity index (χ1v) is 12.5. The van der Waals surface area contributed by atoms with Crippen LogP contribution in [0.4, 0.5) is 4.39 Å². The van der Waals surface area contributed by atoms with Gasteiger partial charge < -0.3 is 4.74 Å². The summed E-state index contributed by atoms with van der Waals surface area (Å²) in [6.45, 7) is 2.42. The largest absolute Gasteiger partial charge is 0.483 e. The minimum Gasteiger partial charge on any atom is -0.483 e. The Hall–Kier alpha value is -1.89. The van der Waals surface area contributed by atoms with E-state index in [1.807, 2.05) is 0 Å². The van der Waals surface area contributed by atoms with Gasteiger partial charge in [-0.05, 0) is 68.9 Å². The number of hydrogen-bond donors (Lipinski definition) is 0. The molecule has 3 saturated carbocycles. The van der Waals surface area contributed by atoms with Crippen LogP contribution in [0.15, 0.2) is 29.4 Å². The first-order valence-electron chi connectivity index (χ1n) is 11.6. The second-order valence-electron chi connectivity index (χ2n) is 9.39. The van der Waals surface area contributed by atoms with Crippen molar-refractivity contribution in [2.45, 2.75) is 81.3 Å². The molecule has 5 unspecified atom stereocenters. The summed E-state index contributed by atoms with van der Waals surface area (Å²) >= 11 is 1.56. The van der Waals surface area contributed by atoms with E-state index in [0.717, 1.165) is 36.3 Å². The normalized spacial score (nSPS) is 28.8. The standard InChI is InChI=1S/C24H30FN3O2S/c1-15(18-13-16-10-11-17(18)12-16)28-23(14-30-21-8-4-2-6-19(21)25)26-27-24(28)31-22-9-5-3-7-20(22)29/h2,4,6,8,15-18,22H,3,5,7,9-14H2,1H3. The van der Waals surface area contributed by atoms with Crippen molar-refractivity contribution < 1.29 is 13.9 Å². The minimum absolute atomic E-state index is 0.0377. The second-order valence-corrected chi connectivity index (χ2v) is 10.6. The molecule has 0 amide bonds. The van der Waals surface area contributed by atoms with Crippen molar-refractivity contribution in [2.24, 2.45) is 17.8 Å². The molecule has 3 aliphatic carbocycles. The van der Waals surface area contributed by atoms with E-state index in [1.165, 1.54) is 31.7 Å². The fourth-order valence-corrected chi connectivity index (χ4v) is 7.14. The minimum atomic E-state index is -0.378. The van der Waals surface area contributed by atoms with Crippen LogP contribution in [0.2, 0.25) is 0 Å². The van der Waals surface area contributed by atoms with Crippen LogP contribution in [0.5, 0.6) is 5.75 Å². The van der Waals surface area contributed by atoms with Crippen molar-refractivity contribution >= 4 is 17.5 Å². The molecular formula is C24H30FN3O2S. The van der Waals surface area contributed by atoms with Gasteiger partial charge >= 0.3 is 0 Å². The van der Waals surface area contributed by atoms with E-state index in [0.29, 0.717) is 23.9 Å². The number of rotatable bonds is 7. The molecular weight excluding hydrogens is 413 g/mol. The van der Waals surface area contributed by atoms with E-state index in [1.54, 1.807) is 30.0 Å². The highest BCUT2D eigenvalue weighted by atomic mass is 32.2. The SMILES string of the molecule is CC(C1CC2CCC1C2)n1c(COc2ccccc2F)nnc1SC1CCCCC1=O. The number of carbonyl (C=O) groups is 1. The maximum Gasteiger partial charge on any atom is 0.192 e. The maximum atomic E-state index is 14.0. The number of para-hydroxylation sites is 1. The first kappa shape index (κ1) is 21.0. The molecule has 0 aliphatic heterocycles. The Labute approximate surface area is 187 Å². The molecule has 5 atom stereocenters. The zero-order valence-corrected chi connectivity index (χ0v) is 18.8. The van der Waals surface area contributed by atoms with Gasteiger partial charge in [-0.1, -0.05) is 36.7 Å². The van der Waals surface area contributed by atoms with Gasteiger partial charge in [0.1, 0.15) is 12.4 Å². The molecule has 31 heavy (non-hydrogen) atoms. The van der Waals surface area contributed by atoms with E-state index in [2.05, 4.69) is 21.7 Å². The van der Waals surface area contributed by atoms with Gasteiger partial charge in [0, 0.05) is 12.5 Å². The number of aromatic nitrogens is 3. The average molecular weight is 444 g/mol. The number of benzene rings is 1. The lowest BCUT2D eigenvalue weighted by molar-refractivity contribution is -0.119. The number of ketones is 1. The van der Waals surface area contributed by atoms with Crippen molar-refractivity contribution in [3.8, 4) is 5.75 Å². The van der Waals surface area contributed by atoms with Crippen LogP contribution < -0.4 is 4.74 Å². The molecule has 0 spiro atoms. The number of thioether (sulfide) groups is 1. The summed E-state index contributed by atoms with van der Waals surface area (Å²) in [7, 11) is 0. The van der Waals surface area contributed by atoms with Crippen LogP contribution in [0.1, 0.15) is 70.2 Å². The molecule has 0 saturated heterocycles. The molecule has 1 heterocycles. The second kappa shape index (κ2) is 8.93. The summed E-state index contributed by atoms with van der Waals surface area (Å²) in [5, 5.41) is 9.69. The molecule has 0 N–H and O–H groups in total. The summed E-state index contributed by atoms with van der Waals surface area (Å²) in [6, 6.07) is 6.68. The van der Waals surface area contributed by atoms with Crippen LogP contribution in [0, 0.1) is 23.6 Å². The lowest BCUT2D eigenvalue weighted by Gasteiger charge is -2.31. The number of carbonyl (C=O) groups excluding carboxylic acids is 1. The van der Waals surface area contributed by atoms with Crippen LogP contribution in [0.3, 0.4) is 0 Å². The number of nitrogens with zero attached hydrogens (tertiary/aromatic N) is 3. The first-order chi connectivity index (χ1) is 15.1. The van der Waals surface area contributed by atoms with Crippen LogP contribution in [-0.2, 0) is 11.4 Å². The van der Waals surface area contributed by atoms with Gasteiger partial charge in [0.2, 0.25) is 0 Å². The maximum absolute atomic E-state index is 14.0. The highest BCUT2D eigenvalue weighted by molar-refractivity contribution is 8.00. The molecule has 1 aromatic carbocycles. The third-order valence-electron chi connectivity index (χ3n) is 7.49. The van der Waals surface area contributed by atoms with Gasteiger partial charge in [0.05, 0.1) is 5.25 Å². The summed E-state index contributed by atoms with van der Waals surface area (Å²) in [6.07, 6.45) is 8.90. The molecule has 5 nitrogen and oxygen atoms in total. The molecule has 0 radical (unpaired) electrons. The third kappa shape index (κ3) is 4.26. The Morgan fingerprint density at radius 2 is 2.06 bits per heavy atom. The summed E-state index contributed by atoms with van der Waals surface area (Å²) in [5.41, 5.74) is 0. The number of fused-ring (bicyclic) bond motifs is 2. The lowest BCUT2D eigenvalue weighted by atomic mass is 9.84. The quantitative estimate of drug-likeness (QED) is 0.558. The van der Waals surface area contributed by atoms with Gasteiger partial charge in [0.15, 0.2) is 22.5 Å². The summed E-state index contributed by atoms with van der Waals surface area (Å²) in [4.78, 5) is 12.5. The number of Topliss-reactive ketones (excluding diaryl/α,β-unsaturated/α-hetero) is 1. The lowest BCUT2D eigenvalue weighted by Crippen LogP contribution is -2.26. The van der Waals surface area contributed by atoms with Crippen LogP contribution >= 0.6 is 11.8 Å². The van der Waals surface area contributed by atoms with E-state index in [-0.39, 0.29) is 29.5 Å². The predicted molar refractivity (Wildman–Crippen MR) is 118 cm³/mol. The van der Waals surface area contributed by atoms with Crippen LogP contribution in [0.25, 0.3) is 0 Å². The summed E-state index contributed by atoms with van der Waals surface area (Å²) in [5.74, 6) is 3.09. The predicted octanol–water partition coefficient (Wildman–Crippen LogP) is 5.60. The Balaban J connectivity index is 1.40. The molecule has 2 bridgehead atoms. The molecule has 166 valence electrons. The monoisotopic (exact) mass is 443 g/mol. The molecule has 5 rings (SSSR count). The molecule has 7 heteroatoms. The topological polar surface area (TPSA) is 57.0 Å². The van der Waals surface area contributed by atoms with Crippen molar-refractivity contribution in [1.82, 2.24) is 14.8 Å². The zero-order valence-electron chi connectivity index (χ0n) is 18.0. The van der Waals surface area contributed by atoms with E-state index >= 15 is 0 Å². The van der Waals surface area contributed by atoms with E-state index in [9.17, 15) is 9.18 Å². The van der Waals surface area contributed by atoms with E-state index < -0.39 is 0 Å². The van der Waals surface area contributed by atoms with Crippen LogP contribution in [-0.4, -0.2) is 25.8 Å². The Morgan fingerprint density at radius 3 is 2.81 bits per heavy atom. The number of hydrogen-bond acceptors (Lipinski definition) is 5. The Kier molecular flexibility index (Phi) is 6.04. The van der Waals surface area contributed by atoms with E-state index in [4.69, 9.17) is 4.74 Å². The van der Waals surface area contributed by atoms with Gasteiger partial charge in [-0.2, -0.15) is 0 Å². The van der Waals surface area contributed by atoms with Gasteiger partial charge in [0.25, 0.3) is 0 Å². The summed E-state index contributed by atoms with van der Waals surface area (Å²) < 4.78 is 22.0. The van der Waals surface area contributed by atoms with Crippen molar-refractivity contribution in [2.75, 3.05) is 0 Å². The number of halogens is 1. The van der Waals surface area contributed by atoms with Gasteiger partial charge in [-0.3, -0.25) is 9.36 Å². The van der Waals surface area contributed by atoms with Crippen molar-refractivity contribution in [1.29, 1.82) is 0 Å². The smallest absolute Gasteiger partial charge is 0.192 e. The van der Waals surface area contributed by atoms with Crippen molar-refractivity contribution in [3.63, 3.8) is 0 Å². The fourth-order valence-electron chi connectivity index (χ4n) is 5.88. The highest BCUT2D eigenvalue weighted by Crippen LogP contribution is 2.52. The average Bonchev–Trinajstić information content (AvgIpc) is 3.50. The molecule has 3 aliphatic rings. The highest BCUT2D eigenvalue weighted by Gasteiger charge is 2.43. The number of ether oxygens (including phenoxy) is 1. The van der Waals surface area contributed by atoms with Gasteiger partial charge in [-0.15, -0.1) is 10.2 Å². The Bertz CT molecular complexity index is 949. The van der Waals surface area contributed by atoms with Gasteiger partial charge in [-0.25, -0.2) is 4.39 Å². The third-order valence-corrected chi connectivity index (χ3v) is 8.77. The Morgan fingerprint density at radius 1 is 1.19 bits per heavy atom. The molecule has 2 aromatic rings.